The molecular formula is C76H142N2O21. The standard InChI is InChI=1S/C76H142N2O21/c1-4-6-8-10-12-14-16-18-20-21-22-23-24-25-26-27-28-29-30-31-32-33-34-35-36-38-40-42-44-46-48-50-63(86)78-57(58(83)49-47-45-43-41-39-37-19-17-15-13-11-9-7-5-2)55-94-73-68(90)67(89)70(62(54-81)96-73)97-74-69(91)72(66(88)61(53-80)95-74)99-76(75(92)93)51-59(84)64(77-56(3)82)71(98-76)65(87)60(85)52-79/h25-26,57-62,64-74,79-81,83-85,87-91H,4-24,27-55H2,1-3H3,(H,77,82)(H,78,86)(H,92,93)/b26-25-. The van der Waals surface area contributed by atoms with Crippen LogP contribution in [-0.2, 0) is 42.8 Å². The smallest absolute Gasteiger partial charge is 0.364 e. The van der Waals surface area contributed by atoms with Crippen LogP contribution in [0.1, 0.15) is 316 Å². The number of aliphatic carboxylic acids is 1. The van der Waals surface area contributed by atoms with Crippen LogP contribution in [0.3, 0.4) is 0 Å². The number of aliphatic hydroxyl groups is 11. The maximum absolute atomic E-state index is 13.5. The van der Waals surface area contributed by atoms with Crippen LogP contribution in [0.15, 0.2) is 12.2 Å². The van der Waals surface area contributed by atoms with E-state index >= 15 is 0 Å². The van der Waals surface area contributed by atoms with Crippen molar-refractivity contribution in [3.8, 4) is 0 Å². The van der Waals surface area contributed by atoms with Crippen molar-refractivity contribution < 1.29 is 104 Å². The minimum atomic E-state index is -3.08. The molecule has 0 aromatic heterocycles. The Kier molecular flexibility index (Phi) is 51.2. The van der Waals surface area contributed by atoms with Crippen molar-refractivity contribution in [1.29, 1.82) is 0 Å². The lowest BCUT2D eigenvalue weighted by atomic mass is 9.88. The Labute approximate surface area is 594 Å². The van der Waals surface area contributed by atoms with Gasteiger partial charge in [-0.3, -0.25) is 9.59 Å². The molecule has 582 valence electrons. The number of amides is 2. The number of carboxylic acid groups (broad SMARTS) is 1. The highest BCUT2D eigenvalue weighted by Gasteiger charge is 2.60. The lowest BCUT2D eigenvalue weighted by Crippen LogP contribution is -2.70. The number of carboxylic acids is 1. The van der Waals surface area contributed by atoms with E-state index in [9.17, 15) is 75.7 Å². The van der Waals surface area contributed by atoms with E-state index in [0.717, 1.165) is 58.3 Å². The van der Waals surface area contributed by atoms with E-state index in [1.807, 2.05) is 0 Å². The number of unbranched alkanes of at least 4 members (excludes halogenated alkanes) is 40. The Bertz CT molecular complexity index is 2030. The second-order valence-corrected chi connectivity index (χ2v) is 28.9. The first-order valence-electron chi connectivity index (χ1n) is 39.5. The van der Waals surface area contributed by atoms with Crippen LogP contribution < -0.4 is 10.6 Å². The number of rotatable bonds is 62. The third-order valence-electron chi connectivity index (χ3n) is 20.2. The van der Waals surface area contributed by atoms with Gasteiger partial charge in [0.25, 0.3) is 5.79 Å². The number of hydrogen-bond acceptors (Lipinski definition) is 20. The van der Waals surface area contributed by atoms with Gasteiger partial charge in [0.2, 0.25) is 11.8 Å². The van der Waals surface area contributed by atoms with Crippen LogP contribution in [0.25, 0.3) is 0 Å². The van der Waals surface area contributed by atoms with Gasteiger partial charge in [0.1, 0.15) is 67.1 Å². The quantitative estimate of drug-likeness (QED) is 0.0199. The molecule has 0 aromatic carbocycles. The molecule has 3 aliphatic rings. The fourth-order valence-corrected chi connectivity index (χ4v) is 13.9. The van der Waals surface area contributed by atoms with Crippen molar-refractivity contribution in [2.45, 2.75) is 426 Å². The first-order valence-corrected chi connectivity index (χ1v) is 39.5. The molecule has 3 aliphatic heterocycles. The Balaban J connectivity index is 1.47. The number of carbonyl (C=O) groups is 3. The molecule has 0 saturated carbocycles. The SMILES string of the molecule is CCCCCCCCCCCCCC/C=C\CCCCCCCCCCCCCCCCCC(=O)NC(COC1OC(CO)C(OC2OC(CO)C(O)C(OC3(C(=O)O)CC(O)C(NC(C)=O)C(C(O)C(O)CO)O3)C2O)C(O)C1O)C(O)CCCCCCCCCCCCCCCC. The van der Waals surface area contributed by atoms with E-state index in [1.54, 1.807) is 0 Å². The average Bonchev–Trinajstić information content (AvgIpc) is 0.753. The molecule has 0 radical (unpaired) electrons. The Morgan fingerprint density at radius 3 is 1.36 bits per heavy atom. The Hall–Kier alpha value is -2.53. The predicted octanol–water partition coefficient (Wildman–Crippen LogP) is 9.80. The summed E-state index contributed by atoms with van der Waals surface area (Å²) in [5.41, 5.74) is 0. The maximum Gasteiger partial charge on any atom is 0.364 e. The fraction of sp³-hybridized carbons (Fsp3) is 0.934. The molecule has 99 heavy (non-hydrogen) atoms. The zero-order valence-corrected chi connectivity index (χ0v) is 61.4. The summed E-state index contributed by atoms with van der Waals surface area (Å²) < 4.78 is 34.9. The summed E-state index contributed by atoms with van der Waals surface area (Å²) in [6, 6.07) is -2.53. The minimum Gasteiger partial charge on any atom is -0.477 e. The third kappa shape index (κ3) is 36.8. The molecule has 0 bridgehead atoms. The van der Waals surface area contributed by atoms with Gasteiger partial charge in [0, 0.05) is 19.8 Å². The summed E-state index contributed by atoms with van der Waals surface area (Å²) >= 11 is 0. The van der Waals surface area contributed by atoms with Crippen molar-refractivity contribution in [2.24, 2.45) is 0 Å². The zero-order chi connectivity index (χ0) is 72.5. The van der Waals surface area contributed by atoms with Gasteiger partial charge in [-0.2, -0.15) is 0 Å². The number of ether oxygens (including phenoxy) is 6. The van der Waals surface area contributed by atoms with Crippen LogP contribution in [-0.4, -0.2) is 215 Å². The molecule has 2 amide bonds. The first kappa shape index (κ1) is 90.7. The summed E-state index contributed by atoms with van der Waals surface area (Å²) in [5, 5.41) is 136. The molecular weight excluding hydrogens is 1280 g/mol. The molecule has 0 spiro atoms. The van der Waals surface area contributed by atoms with E-state index in [4.69, 9.17) is 28.4 Å². The van der Waals surface area contributed by atoms with Gasteiger partial charge in [-0.25, -0.2) is 4.79 Å². The molecule has 14 N–H and O–H groups in total. The molecule has 0 aliphatic carbocycles. The van der Waals surface area contributed by atoms with Crippen LogP contribution >= 0.6 is 0 Å². The Morgan fingerprint density at radius 2 is 0.939 bits per heavy atom. The molecule has 18 unspecified atom stereocenters. The van der Waals surface area contributed by atoms with Gasteiger partial charge < -0.3 is 100 Å². The second kappa shape index (κ2) is 55.9. The molecule has 3 saturated heterocycles. The van der Waals surface area contributed by atoms with Crippen molar-refractivity contribution >= 4 is 17.8 Å². The molecule has 23 heteroatoms. The van der Waals surface area contributed by atoms with Gasteiger partial charge in [-0.05, 0) is 38.5 Å². The second-order valence-electron chi connectivity index (χ2n) is 28.9. The van der Waals surface area contributed by atoms with E-state index < -0.39 is 148 Å². The average molecular weight is 1420 g/mol. The number of carbonyl (C=O) groups excluding carboxylic acids is 2. The molecule has 3 heterocycles. The fourth-order valence-electron chi connectivity index (χ4n) is 13.9. The van der Waals surface area contributed by atoms with Crippen LogP contribution in [0.2, 0.25) is 0 Å². The normalized spacial score (nSPS) is 27.1. The first-order chi connectivity index (χ1) is 47.9. The topological polar surface area (TPSA) is 373 Å². The van der Waals surface area contributed by atoms with Gasteiger partial charge in [-0.1, -0.05) is 270 Å². The molecule has 0 aromatic rings. The highest BCUT2D eigenvalue weighted by Crippen LogP contribution is 2.39. The Morgan fingerprint density at radius 1 is 0.515 bits per heavy atom. The van der Waals surface area contributed by atoms with Crippen LogP contribution in [0.4, 0.5) is 0 Å². The molecule has 3 fully saturated rings. The van der Waals surface area contributed by atoms with Crippen LogP contribution in [0.5, 0.6) is 0 Å². The number of hydrogen-bond donors (Lipinski definition) is 14. The van der Waals surface area contributed by atoms with Gasteiger partial charge in [-0.15, -0.1) is 0 Å². The molecule has 23 nitrogen and oxygen atoms in total. The van der Waals surface area contributed by atoms with E-state index in [0.29, 0.717) is 19.3 Å². The highest BCUT2D eigenvalue weighted by molar-refractivity contribution is 5.77. The number of allylic oxidation sites excluding steroid dienone is 2. The summed E-state index contributed by atoms with van der Waals surface area (Å²) in [6.45, 7) is 2.24. The van der Waals surface area contributed by atoms with Crippen molar-refractivity contribution in [3.05, 3.63) is 12.2 Å². The van der Waals surface area contributed by atoms with E-state index in [-0.39, 0.29) is 18.9 Å². The zero-order valence-electron chi connectivity index (χ0n) is 61.4. The number of aliphatic hydroxyl groups excluding tert-OH is 11. The van der Waals surface area contributed by atoms with Crippen LogP contribution in [0, 0.1) is 0 Å². The largest absolute Gasteiger partial charge is 0.477 e. The third-order valence-corrected chi connectivity index (χ3v) is 20.2. The van der Waals surface area contributed by atoms with E-state index in [2.05, 4.69) is 36.6 Å². The number of nitrogens with one attached hydrogen (secondary N) is 2. The lowest BCUT2D eigenvalue weighted by Gasteiger charge is -2.50. The van der Waals surface area contributed by atoms with Gasteiger partial charge in [0.05, 0.1) is 50.7 Å². The summed E-state index contributed by atoms with van der Waals surface area (Å²) in [4.78, 5) is 38.6. The monoisotopic (exact) mass is 1420 g/mol. The van der Waals surface area contributed by atoms with Gasteiger partial charge >= 0.3 is 5.97 Å². The molecule has 3 rings (SSSR count). The molecule has 18 atom stereocenters. The van der Waals surface area contributed by atoms with E-state index in [1.165, 1.54) is 212 Å². The van der Waals surface area contributed by atoms with Crippen molar-refractivity contribution in [3.63, 3.8) is 0 Å². The summed E-state index contributed by atoms with van der Waals surface area (Å²) in [5.74, 6) is -6.09. The summed E-state index contributed by atoms with van der Waals surface area (Å²) in [6.07, 6.45) is 29.4. The highest BCUT2D eigenvalue weighted by atomic mass is 16.8. The lowest BCUT2D eigenvalue weighted by molar-refractivity contribution is -0.386. The van der Waals surface area contributed by atoms with Crippen molar-refractivity contribution in [1.82, 2.24) is 10.6 Å². The maximum atomic E-state index is 13.5. The minimum absolute atomic E-state index is 0.227. The van der Waals surface area contributed by atoms with Gasteiger partial charge in [0.15, 0.2) is 12.6 Å². The summed E-state index contributed by atoms with van der Waals surface area (Å²) in [7, 11) is 0. The predicted molar refractivity (Wildman–Crippen MR) is 380 cm³/mol. The van der Waals surface area contributed by atoms with Crippen molar-refractivity contribution in [2.75, 3.05) is 26.4 Å².